The minimum absolute atomic E-state index is 0.119. The molecule has 0 aromatic carbocycles. The molecular weight excluding hydrogens is 192 g/mol. The first-order chi connectivity index (χ1) is 7.18. The molecule has 1 saturated heterocycles. The van der Waals surface area contributed by atoms with Gasteiger partial charge in [-0.2, -0.15) is 0 Å². The minimum Gasteiger partial charge on any atom is -0.316 e. The zero-order chi connectivity index (χ0) is 10.8. The Hall–Kier alpha value is -1.16. The van der Waals surface area contributed by atoms with E-state index >= 15 is 0 Å². The van der Waals surface area contributed by atoms with E-state index in [1.54, 1.807) is 6.92 Å². The maximum atomic E-state index is 11.5. The third kappa shape index (κ3) is 2.09. The molecule has 2 aliphatic rings. The molecule has 4 heteroatoms. The molecular formula is C11H16N2O2. The van der Waals surface area contributed by atoms with Crippen LogP contribution in [0.1, 0.15) is 19.8 Å². The monoisotopic (exact) mass is 208 g/mol. The molecule has 0 radical (unpaired) electrons. The summed E-state index contributed by atoms with van der Waals surface area (Å²) < 4.78 is 0. The average molecular weight is 208 g/mol. The molecule has 82 valence electrons. The number of nitrogens with one attached hydrogen (secondary N) is 1. The second-order valence-electron chi connectivity index (χ2n) is 4.27. The summed E-state index contributed by atoms with van der Waals surface area (Å²) in [6.07, 6.45) is 3.50. The number of hydrogen-bond acceptors (Lipinski definition) is 3. The van der Waals surface area contributed by atoms with E-state index in [-0.39, 0.29) is 11.8 Å². The molecule has 2 heterocycles. The Bertz CT molecular complexity index is 317. The van der Waals surface area contributed by atoms with Crippen molar-refractivity contribution >= 4 is 11.8 Å². The lowest BCUT2D eigenvalue weighted by molar-refractivity contribution is -0.137. The molecule has 0 saturated carbocycles. The van der Waals surface area contributed by atoms with Gasteiger partial charge in [-0.3, -0.25) is 14.5 Å². The highest BCUT2D eigenvalue weighted by atomic mass is 16.2. The average Bonchev–Trinajstić information content (AvgIpc) is 2.76. The second-order valence-corrected chi connectivity index (χ2v) is 4.27. The van der Waals surface area contributed by atoms with Crippen LogP contribution in [0.2, 0.25) is 0 Å². The standard InChI is InChI=1S/C11H16N2O2/c1-8-6-10(14)13(11(8)15)5-3-9-2-4-12-7-9/h6,9,12H,2-5,7H2,1H3. The predicted molar refractivity (Wildman–Crippen MR) is 56.1 cm³/mol. The fourth-order valence-electron chi connectivity index (χ4n) is 2.12. The van der Waals surface area contributed by atoms with Crippen LogP contribution < -0.4 is 5.32 Å². The predicted octanol–water partition coefficient (Wildman–Crippen LogP) is 0.301. The largest absolute Gasteiger partial charge is 0.316 e. The van der Waals surface area contributed by atoms with E-state index in [1.165, 1.54) is 11.0 Å². The highest BCUT2D eigenvalue weighted by Gasteiger charge is 2.28. The molecule has 0 aliphatic carbocycles. The van der Waals surface area contributed by atoms with Crippen LogP contribution in [-0.2, 0) is 9.59 Å². The minimum atomic E-state index is -0.150. The van der Waals surface area contributed by atoms with E-state index in [4.69, 9.17) is 0 Å². The maximum absolute atomic E-state index is 11.5. The first-order valence-electron chi connectivity index (χ1n) is 5.43. The Kier molecular flexibility index (Phi) is 2.86. The number of imide groups is 1. The number of nitrogens with zero attached hydrogens (tertiary/aromatic N) is 1. The summed E-state index contributed by atoms with van der Waals surface area (Å²) in [5, 5.41) is 3.28. The van der Waals surface area contributed by atoms with Crippen molar-refractivity contribution in [2.45, 2.75) is 19.8 Å². The van der Waals surface area contributed by atoms with Crippen LogP contribution in [0, 0.1) is 5.92 Å². The number of hydrogen-bond donors (Lipinski definition) is 1. The van der Waals surface area contributed by atoms with Crippen molar-refractivity contribution < 1.29 is 9.59 Å². The molecule has 2 aliphatic heterocycles. The number of carbonyl (C=O) groups is 2. The van der Waals surface area contributed by atoms with Crippen LogP contribution in [0.5, 0.6) is 0 Å². The number of amides is 2. The molecule has 2 amide bonds. The SMILES string of the molecule is CC1=CC(=O)N(CCC2CCNC2)C1=O. The summed E-state index contributed by atoms with van der Waals surface area (Å²) in [5.41, 5.74) is 0.560. The van der Waals surface area contributed by atoms with E-state index in [2.05, 4.69) is 5.32 Å². The summed E-state index contributed by atoms with van der Waals surface area (Å²) in [7, 11) is 0. The molecule has 0 aromatic heterocycles. The van der Waals surface area contributed by atoms with E-state index in [0.717, 1.165) is 25.9 Å². The third-order valence-corrected chi connectivity index (χ3v) is 3.11. The van der Waals surface area contributed by atoms with Crippen molar-refractivity contribution in [3.8, 4) is 0 Å². The highest BCUT2D eigenvalue weighted by Crippen LogP contribution is 2.17. The lowest BCUT2D eigenvalue weighted by atomic mass is 10.1. The summed E-state index contributed by atoms with van der Waals surface area (Å²) in [4.78, 5) is 24.3. The van der Waals surface area contributed by atoms with Gasteiger partial charge in [-0.1, -0.05) is 0 Å². The van der Waals surface area contributed by atoms with Gasteiger partial charge in [0, 0.05) is 18.2 Å². The maximum Gasteiger partial charge on any atom is 0.256 e. The molecule has 1 unspecified atom stereocenters. The van der Waals surface area contributed by atoms with Gasteiger partial charge >= 0.3 is 0 Å². The van der Waals surface area contributed by atoms with Crippen molar-refractivity contribution in [2.75, 3.05) is 19.6 Å². The van der Waals surface area contributed by atoms with E-state index in [1.807, 2.05) is 0 Å². The van der Waals surface area contributed by atoms with Gasteiger partial charge in [-0.15, -0.1) is 0 Å². The topological polar surface area (TPSA) is 49.4 Å². The zero-order valence-corrected chi connectivity index (χ0v) is 8.95. The Morgan fingerprint density at radius 3 is 2.87 bits per heavy atom. The van der Waals surface area contributed by atoms with Crippen LogP contribution in [0.4, 0.5) is 0 Å². The Labute approximate surface area is 89.3 Å². The molecule has 1 N–H and O–H groups in total. The normalized spacial score (nSPS) is 26.3. The van der Waals surface area contributed by atoms with Crippen LogP contribution in [-0.4, -0.2) is 36.3 Å². The molecule has 15 heavy (non-hydrogen) atoms. The first-order valence-corrected chi connectivity index (χ1v) is 5.43. The molecule has 4 nitrogen and oxygen atoms in total. The number of rotatable bonds is 3. The molecule has 2 rings (SSSR count). The van der Waals surface area contributed by atoms with Crippen molar-refractivity contribution in [1.82, 2.24) is 10.2 Å². The van der Waals surface area contributed by atoms with Gasteiger partial charge in [-0.05, 0) is 38.8 Å². The van der Waals surface area contributed by atoms with Crippen LogP contribution in [0.3, 0.4) is 0 Å². The van der Waals surface area contributed by atoms with E-state index in [0.29, 0.717) is 18.0 Å². The van der Waals surface area contributed by atoms with Crippen molar-refractivity contribution in [3.63, 3.8) is 0 Å². The lowest BCUT2D eigenvalue weighted by Crippen LogP contribution is -2.33. The van der Waals surface area contributed by atoms with Crippen LogP contribution >= 0.6 is 0 Å². The van der Waals surface area contributed by atoms with Crippen LogP contribution in [0.25, 0.3) is 0 Å². The van der Waals surface area contributed by atoms with Gasteiger partial charge in [0.05, 0.1) is 0 Å². The highest BCUT2D eigenvalue weighted by molar-refractivity contribution is 6.15. The smallest absolute Gasteiger partial charge is 0.256 e. The van der Waals surface area contributed by atoms with Gasteiger partial charge in [0.15, 0.2) is 0 Å². The molecule has 0 aromatic rings. The van der Waals surface area contributed by atoms with Gasteiger partial charge < -0.3 is 5.32 Å². The fraction of sp³-hybridized carbons (Fsp3) is 0.636. The Morgan fingerprint density at radius 2 is 2.33 bits per heavy atom. The Balaban J connectivity index is 1.85. The first kappa shape index (κ1) is 10.4. The summed E-state index contributed by atoms with van der Waals surface area (Å²) >= 11 is 0. The molecule has 0 bridgehead atoms. The van der Waals surface area contributed by atoms with Crippen LogP contribution in [0.15, 0.2) is 11.6 Å². The van der Waals surface area contributed by atoms with Crippen molar-refractivity contribution in [1.29, 1.82) is 0 Å². The van der Waals surface area contributed by atoms with E-state index < -0.39 is 0 Å². The fourth-order valence-corrected chi connectivity index (χ4v) is 2.12. The lowest BCUT2D eigenvalue weighted by Gasteiger charge is -2.16. The zero-order valence-electron chi connectivity index (χ0n) is 8.95. The summed E-state index contributed by atoms with van der Waals surface area (Å²) in [6.45, 7) is 4.33. The molecule has 0 spiro atoms. The van der Waals surface area contributed by atoms with Gasteiger partial charge in [0.25, 0.3) is 11.8 Å². The van der Waals surface area contributed by atoms with Gasteiger partial charge in [0.1, 0.15) is 0 Å². The van der Waals surface area contributed by atoms with Gasteiger partial charge in [0.2, 0.25) is 0 Å². The van der Waals surface area contributed by atoms with Gasteiger partial charge in [-0.25, -0.2) is 0 Å². The molecule has 1 fully saturated rings. The van der Waals surface area contributed by atoms with Crippen molar-refractivity contribution in [3.05, 3.63) is 11.6 Å². The Morgan fingerprint density at radius 1 is 1.53 bits per heavy atom. The number of carbonyl (C=O) groups excluding carboxylic acids is 2. The van der Waals surface area contributed by atoms with E-state index in [9.17, 15) is 9.59 Å². The summed E-state index contributed by atoms with van der Waals surface area (Å²) in [5.74, 6) is 0.348. The van der Waals surface area contributed by atoms with Crippen molar-refractivity contribution in [2.24, 2.45) is 5.92 Å². The summed E-state index contributed by atoms with van der Waals surface area (Å²) in [6, 6.07) is 0. The second kappa shape index (κ2) is 4.14. The quantitative estimate of drug-likeness (QED) is 0.679. The molecule has 1 atom stereocenters. The third-order valence-electron chi connectivity index (χ3n) is 3.11.